The molecule has 0 fully saturated rings. The summed E-state index contributed by atoms with van der Waals surface area (Å²) in [5.41, 5.74) is 0.265. The first kappa shape index (κ1) is 12.2. The van der Waals surface area contributed by atoms with E-state index in [1.54, 1.807) is 18.2 Å². The molecule has 0 saturated heterocycles. The number of ether oxygens (including phenoxy) is 1. The molecule has 2 aromatic carbocycles. The molecule has 3 aromatic rings. The predicted octanol–water partition coefficient (Wildman–Crippen LogP) is 2.25. The minimum absolute atomic E-state index is 0.347. The second-order valence-electron chi connectivity index (χ2n) is 4.12. The summed E-state index contributed by atoms with van der Waals surface area (Å²) in [6.45, 7) is 0. The van der Waals surface area contributed by atoms with E-state index in [4.69, 9.17) is 9.57 Å². The van der Waals surface area contributed by atoms with Crippen LogP contribution in [0.15, 0.2) is 59.7 Å². The normalized spacial score (nSPS) is 10.4. The van der Waals surface area contributed by atoms with E-state index in [2.05, 4.69) is 4.98 Å². The van der Waals surface area contributed by atoms with Crippen LogP contribution in [0, 0.1) is 0 Å². The van der Waals surface area contributed by atoms with Crippen molar-refractivity contribution >= 4 is 10.9 Å². The average Bonchev–Trinajstić information content (AvgIpc) is 2.49. The molecule has 1 heterocycles. The Bertz CT molecular complexity index is 797. The maximum Gasteiger partial charge on any atom is 0.284 e. The SMILES string of the molecule is COn1cnc(=O)c2c(Oc3ccccc3)cccc21. The lowest BCUT2D eigenvalue weighted by atomic mass is 10.2. The van der Waals surface area contributed by atoms with Crippen molar-refractivity contribution in [2.45, 2.75) is 0 Å². The zero-order valence-electron chi connectivity index (χ0n) is 10.8. The van der Waals surface area contributed by atoms with Gasteiger partial charge in [-0.3, -0.25) is 4.79 Å². The molecule has 0 saturated carbocycles. The van der Waals surface area contributed by atoms with Crippen molar-refractivity contribution in [2.24, 2.45) is 0 Å². The first-order valence-corrected chi connectivity index (χ1v) is 6.07. The van der Waals surface area contributed by atoms with Gasteiger partial charge in [0.2, 0.25) is 0 Å². The van der Waals surface area contributed by atoms with Gasteiger partial charge in [-0.05, 0) is 24.3 Å². The highest BCUT2D eigenvalue weighted by Crippen LogP contribution is 2.26. The van der Waals surface area contributed by atoms with Crippen molar-refractivity contribution in [3.63, 3.8) is 0 Å². The Morgan fingerprint density at radius 1 is 1.05 bits per heavy atom. The molecule has 3 rings (SSSR count). The molecule has 0 amide bonds. The molecule has 5 heteroatoms. The van der Waals surface area contributed by atoms with Gasteiger partial charge in [0, 0.05) is 0 Å². The molecular weight excluding hydrogens is 256 g/mol. The molecular formula is C15H12N2O3. The highest BCUT2D eigenvalue weighted by Gasteiger charge is 2.11. The fourth-order valence-corrected chi connectivity index (χ4v) is 2.00. The Hall–Kier alpha value is -2.82. The number of fused-ring (bicyclic) bond motifs is 1. The number of aromatic nitrogens is 2. The summed E-state index contributed by atoms with van der Waals surface area (Å²) < 4.78 is 7.19. The lowest BCUT2D eigenvalue weighted by Gasteiger charge is -2.11. The zero-order chi connectivity index (χ0) is 13.9. The Kier molecular flexibility index (Phi) is 3.09. The van der Waals surface area contributed by atoms with Crippen molar-refractivity contribution < 1.29 is 9.57 Å². The zero-order valence-corrected chi connectivity index (χ0v) is 10.8. The van der Waals surface area contributed by atoms with Gasteiger partial charge in [-0.25, -0.2) is 0 Å². The molecule has 0 atom stereocenters. The second-order valence-corrected chi connectivity index (χ2v) is 4.12. The summed E-state index contributed by atoms with van der Waals surface area (Å²) in [6, 6.07) is 14.6. The van der Waals surface area contributed by atoms with Gasteiger partial charge >= 0.3 is 0 Å². The van der Waals surface area contributed by atoms with E-state index < -0.39 is 0 Å². The van der Waals surface area contributed by atoms with Crippen LogP contribution < -0.4 is 15.1 Å². The Balaban J connectivity index is 2.19. The molecule has 0 spiro atoms. The lowest BCUT2D eigenvalue weighted by molar-refractivity contribution is 0.174. The molecule has 0 N–H and O–H groups in total. The fourth-order valence-electron chi connectivity index (χ4n) is 2.00. The van der Waals surface area contributed by atoms with E-state index in [1.807, 2.05) is 30.3 Å². The van der Waals surface area contributed by atoms with Gasteiger partial charge in [-0.15, -0.1) is 0 Å². The van der Waals surface area contributed by atoms with Gasteiger partial charge in [0.25, 0.3) is 5.56 Å². The summed E-state index contributed by atoms with van der Waals surface area (Å²) in [5.74, 6) is 1.12. The molecule has 1 aromatic heterocycles. The fraction of sp³-hybridized carbons (Fsp3) is 0.0667. The van der Waals surface area contributed by atoms with E-state index in [1.165, 1.54) is 18.2 Å². The number of hydrogen-bond donors (Lipinski definition) is 0. The van der Waals surface area contributed by atoms with Crippen molar-refractivity contribution in [1.29, 1.82) is 0 Å². The molecule has 0 aliphatic rings. The van der Waals surface area contributed by atoms with Crippen LogP contribution in [0.1, 0.15) is 0 Å². The quantitative estimate of drug-likeness (QED) is 0.731. The third-order valence-electron chi connectivity index (χ3n) is 2.90. The van der Waals surface area contributed by atoms with Gasteiger partial charge < -0.3 is 9.57 Å². The van der Waals surface area contributed by atoms with Gasteiger partial charge in [0.05, 0.1) is 5.52 Å². The van der Waals surface area contributed by atoms with E-state index in [9.17, 15) is 4.79 Å². The van der Waals surface area contributed by atoms with Crippen LogP contribution in [0.25, 0.3) is 10.9 Å². The molecule has 0 aliphatic carbocycles. The Morgan fingerprint density at radius 3 is 2.60 bits per heavy atom. The summed E-state index contributed by atoms with van der Waals surface area (Å²) >= 11 is 0. The Morgan fingerprint density at radius 2 is 1.85 bits per heavy atom. The number of rotatable bonds is 3. The van der Waals surface area contributed by atoms with Gasteiger partial charge in [-0.2, -0.15) is 9.71 Å². The van der Waals surface area contributed by atoms with Gasteiger partial charge in [0.1, 0.15) is 30.3 Å². The Labute approximate surface area is 115 Å². The largest absolute Gasteiger partial charge is 0.456 e. The smallest absolute Gasteiger partial charge is 0.284 e. The maximum absolute atomic E-state index is 12.0. The second kappa shape index (κ2) is 5.05. The minimum Gasteiger partial charge on any atom is -0.456 e. The van der Waals surface area contributed by atoms with Crippen LogP contribution in [-0.2, 0) is 0 Å². The average molecular weight is 268 g/mol. The van der Waals surface area contributed by atoms with Crippen LogP contribution in [0.5, 0.6) is 11.5 Å². The number of benzene rings is 2. The molecule has 0 bridgehead atoms. The van der Waals surface area contributed by atoms with E-state index in [0.29, 0.717) is 22.4 Å². The predicted molar refractivity (Wildman–Crippen MR) is 75.0 cm³/mol. The van der Waals surface area contributed by atoms with Crippen molar-refractivity contribution in [3.05, 3.63) is 65.2 Å². The highest BCUT2D eigenvalue weighted by atomic mass is 16.6. The topological polar surface area (TPSA) is 53.4 Å². The van der Waals surface area contributed by atoms with Crippen molar-refractivity contribution in [3.8, 4) is 11.5 Å². The third kappa shape index (κ3) is 2.09. The van der Waals surface area contributed by atoms with E-state index in [-0.39, 0.29) is 5.56 Å². The summed E-state index contributed by atoms with van der Waals surface area (Å²) in [6.07, 6.45) is 1.34. The van der Waals surface area contributed by atoms with Crippen LogP contribution in [-0.4, -0.2) is 16.8 Å². The first-order valence-electron chi connectivity index (χ1n) is 6.07. The molecule has 0 aliphatic heterocycles. The van der Waals surface area contributed by atoms with Crippen molar-refractivity contribution in [1.82, 2.24) is 9.71 Å². The first-order chi connectivity index (χ1) is 9.79. The summed E-state index contributed by atoms with van der Waals surface area (Å²) in [5, 5.41) is 0.390. The summed E-state index contributed by atoms with van der Waals surface area (Å²) in [4.78, 5) is 20.9. The molecule has 0 radical (unpaired) electrons. The lowest BCUT2D eigenvalue weighted by Crippen LogP contribution is -2.16. The van der Waals surface area contributed by atoms with E-state index in [0.717, 1.165) is 0 Å². The number of para-hydroxylation sites is 1. The number of hydrogen-bond acceptors (Lipinski definition) is 4. The van der Waals surface area contributed by atoms with E-state index >= 15 is 0 Å². The summed E-state index contributed by atoms with van der Waals surface area (Å²) in [7, 11) is 1.51. The highest BCUT2D eigenvalue weighted by molar-refractivity contribution is 5.84. The molecule has 5 nitrogen and oxygen atoms in total. The number of nitrogens with zero attached hydrogens (tertiary/aromatic N) is 2. The van der Waals surface area contributed by atoms with Crippen LogP contribution in [0.3, 0.4) is 0 Å². The third-order valence-corrected chi connectivity index (χ3v) is 2.90. The van der Waals surface area contributed by atoms with Crippen LogP contribution in [0.4, 0.5) is 0 Å². The van der Waals surface area contributed by atoms with Gasteiger partial charge in [0.15, 0.2) is 0 Å². The standard InChI is InChI=1S/C15H12N2O3/c1-19-17-10-16-15(18)14-12(17)8-5-9-13(14)20-11-6-3-2-4-7-11/h2-10H,1H3. The molecule has 100 valence electrons. The molecule has 0 unspecified atom stereocenters. The van der Waals surface area contributed by atoms with Crippen molar-refractivity contribution in [2.75, 3.05) is 7.11 Å². The molecule has 20 heavy (non-hydrogen) atoms. The minimum atomic E-state index is -0.347. The van der Waals surface area contributed by atoms with Gasteiger partial charge in [-0.1, -0.05) is 24.3 Å². The van der Waals surface area contributed by atoms with Crippen LogP contribution >= 0.6 is 0 Å². The maximum atomic E-state index is 12.0. The van der Waals surface area contributed by atoms with Crippen LogP contribution in [0.2, 0.25) is 0 Å². The monoisotopic (exact) mass is 268 g/mol.